The molecule has 0 unspecified atom stereocenters. The van der Waals surface area contributed by atoms with Crippen LogP contribution in [0.3, 0.4) is 0 Å². The van der Waals surface area contributed by atoms with Gasteiger partial charge in [-0.1, -0.05) is 13.0 Å². The molecule has 0 saturated heterocycles. The van der Waals surface area contributed by atoms with Crippen molar-refractivity contribution >= 4 is 11.6 Å². The van der Waals surface area contributed by atoms with E-state index in [1.807, 2.05) is 0 Å². The van der Waals surface area contributed by atoms with E-state index in [1.54, 1.807) is 6.92 Å². The van der Waals surface area contributed by atoms with Gasteiger partial charge in [-0.25, -0.2) is 0 Å². The van der Waals surface area contributed by atoms with Gasteiger partial charge in [0, 0.05) is 17.2 Å². The molecule has 110 valence electrons. The van der Waals surface area contributed by atoms with Crippen molar-refractivity contribution in [3.63, 3.8) is 0 Å². The Morgan fingerprint density at radius 3 is 2.45 bits per heavy atom. The summed E-state index contributed by atoms with van der Waals surface area (Å²) in [6, 6.07) is 4.20. The van der Waals surface area contributed by atoms with E-state index >= 15 is 0 Å². The fourth-order valence-electron chi connectivity index (χ4n) is 1.82. The number of carbonyl (C=O) groups is 1. The minimum atomic E-state index is -1.13. The summed E-state index contributed by atoms with van der Waals surface area (Å²) in [5.41, 5.74) is -0.878. The zero-order chi connectivity index (χ0) is 15.3. The molecule has 7 nitrogen and oxygen atoms in total. The van der Waals surface area contributed by atoms with Gasteiger partial charge >= 0.3 is 0 Å². The molecule has 1 rings (SSSR count). The molecule has 1 aromatic rings. The summed E-state index contributed by atoms with van der Waals surface area (Å²) in [6.45, 7) is 2.37. The normalized spacial score (nSPS) is 11.2. The molecule has 1 amide bonds. The van der Waals surface area contributed by atoms with Crippen molar-refractivity contribution < 1.29 is 19.9 Å². The molecule has 0 fully saturated rings. The first-order chi connectivity index (χ1) is 9.40. The molecule has 3 N–H and O–H groups in total. The van der Waals surface area contributed by atoms with E-state index < -0.39 is 29.6 Å². The Morgan fingerprint density at radius 2 is 2.00 bits per heavy atom. The minimum absolute atomic E-state index is 0.146. The number of carbonyl (C=O) groups excluding carboxylic acids is 1. The van der Waals surface area contributed by atoms with Crippen LogP contribution in [0, 0.1) is 17.0 Å². The second kappa shape index (κ2) is 6.44. The number of nitrogens with one attached hydrogen (secondary N) is 1. The zero-order valence-electron chi connectivity index (χ0n) is 11.4. The predicted molar refractivity (Wildman–Crippen MR) is 72.5 cm³/mol. The standard InChI is InChI=1S/C13H18N2O5/c1-3-13(7-16,8-17)14-12(18)10-5-4-6-11(9(10)2)15(19)20/h4-6,16-17H,3,7-8H2,1-2H3,(H,14,18). The Balaban J connectivity index is 3.10. The second-order valence-corrected chi connectivity index (χ2v) is 4.61. The third kappa shape index (κ3) is 3.12. The maximum absolute atomic E-state index is 12.2. The molecule has 0 heterocycles. The van der Waals surface area contributed by atoms with Crippen LogP contribution in [0.4, 0.5) is 5.69 Å². The Kier molecular flexibility index (Phi) is 5.18. The van der Waals surface area contributed by atoms with E-state index in [9.17, 15) is 25.1 Å². The number of hydrogen-bond acceptors (Lipinski definition) is 5. The number of aliphatic hydroxyl groups is 2. The molecule has 0 aliphatic carbocycles. The van der Waals surface area contributed by atoms with E-state index in [1.165, 1.54) is 25.1 Å². The number of amides is 1. The second-order valence-electron chi connectivity index (χ2n) is 4.61. The van der Waals surface area contributed by atoms with Crippen LogP contribution in [0.25, 0.3) is 0 Å². The van der Waals surface area contributed by atoms with Gasteiger partial charge in [0.25, 0.3) is 11.6 Å². The van der Waals surface area contributed by atoms with E-state index in [0.717, 1.165) is 0 Å². The Morgan fingerprint density at radius 1 is 1.40 bits per heavy atom. The lowest BCUT2D eigenvalue weighted by Crippen LogP contribution is -2.53. The first kappa shape index (κ1) is 16.1. The van der Waals surface area contributed by atoms with Gasteiger partial charge in [0.05, 0.1) is 23.7 Å². The Hall–Kier alpha value is -1.99. The van der Waals surface area contributed by atoms with Crippen molar-refractivity contribution in [2.45, 2.75) is 25.8 Å². The highest BCUT2D eigenvalue weighted by atomic mass is 16.6. The number of benzene rings is 1. The van der Waals surface area contributed by atoms with Crippen molar-refractivity contribution in [1.82, 2.24) is 5.32 Å². The maximum atomic E-state index is 12.2. The molecule has 0 aliphatic rings. The fraction of sp³-hybridized carbons (Fsp3) is 0.462. The van der Waals surface area contributed by atoms with Crippen LogP contribution in [-0.2, 0) is 0 Å². The highest BCUT2D eigenvalue weighted by Gasteiger charge is 2.30. The molecule has 1 aromatic carbocycles. The van der Waals surface area contributed by atoms with Crippen LogP contribution >= 0.6 is 0 Å². The van der Waals surface area contributed by atoms with Gasteiger partial charge in [0.15, 0.2) is 0 Å². The van der Waals surface area contributed by atoms with E-state index in [0.29, 0.717) is 6.42 Å². The zero-order valence-corrected chi connectivity index (χ0v) is 11.4. The quantitative estimate of drug-likeness (QED) is 0.527. The molecule has 0 bridgehead atoms. The van der Waals surface area contributed by atoms with Crippen molar-refractivity contribution in [3.05, 3.63) is 39.4 Å². The monoisotopic (exact) mass is 282 g/mol. The predicted octanol–water partition coefficient (Wildman–Crippen LogP) is 0.766. The number of rotatable bonds is 6. The smallest absolute Gasteiger partial charge is 0.273 e. The fourth-order valence-corrected chi connectivity index (χ4v) is 1.82. The number of nitro groups is 1. The van der Waals surface area contributed by atoms with Crippen molar-refractivity contribution in [1.29, 1.82) is 0 Å². The molecule has 20 heavy (non-hydrogen) atoms. The molecule has 0 atom stereocenters. The van der Waals surface area contributed by atoms with Gasteiger partial charge in [0.1, 0.15) is 0 Å². The maximum Gasteiger partial charge on any atom is 0.273 e. The average molecular weight is 282 g/mol. The summed E-state index contributed by atoms with van der Waals surface area (Å²) < 4.78 is 0. The molecule has 0 spiro atoms. The van der Waals surface area contributed by atoms with Crippen molar-refractivity contribution in [3.8, 4) is 0 Å². The van der Waals surface area contributed by atoms with Crippen LogP contribution in [0.15, 0.2) is 18.2 Å². The van der Waals surface area contributed by atoms with Gasteiger partial charge in [-0.3, -0.25) is 14.9 Å². The minimum Gasteiger partial charge on any atom is -0.394 e. The lowest BCUT2D eigenvalue weighted by Gasteiger charge is -2.29. The third-order valence-corrected chi connectivity index (χ3v) is 3.41. The van der Waals surface area contributed by atoms with Crippen LogP contribution in [0.2, 0.25) is 0 Å². The Labute approximate surface area is 116 Å². The molecule has 0 aliphatic heterocycles. The van der Waals surface area contributed by atoms with Crippen LogP contribution in [-0.4, -0.2) is 39.8 Å². The molecule has 0 aromatic heterocycles. The summed E-state index contributed by atoms with van der Waals surface area (Å²) >= 11 is 0. The molecule has 0 radical (unpaired) electrons. The molecular weight excluding hydrogens is 264 g/mol. The average Bonchev–Trinajstić information content (AvgIpc) is 2.44. The lowest BCUT2D eigenvalue weighted by atomic mass is 9.97. The van der Waals surface area contributed by atoms with Gasteiger partial charge in [-0.15, -0.1) is 0 Å². The third-order valence-electron chi connectivity index (χ3n) is 3.41. The summed E-state index contributed by atoms with van der Waals surface area (Å²) in [7, 11) is 0. The van der Waals surface area contributed by atoms with Crippen LogP contribution < -0.4 is 5.32 Å². The molecular formula is C13H18N2O5. The Bertz CT molecular complexity index is 503. The van der Waals surface area contributed by atoms with Crippen LogP contribution in [0.5, 0.6) is 0 Å². The van der Waals surface area contributed by atoms with Crippen molar-refractivity contribution in [2.75, 3.05) is 13.2 Å². The number of nitro benzene ring substituents is 1. The van der Waals surface area contributed by atoms with E-state index in [2.05, 4.69) is 5.32 Å². The topological polar surface area (TPSA) is 113 Å². The van der Waals surface area contributed by atoms with Gasteiger partial charge in [-0.05, 0) is 19.4 Å². The van der Waals surface area contributed by atoms with Gasteiger partial charge < -0.3 is 15.5 Å². The van der Waals surface area contributed by atoms with E-state index in [4.69, 9.17) is 0 Å². The highest BCUT2D eigenvalue weighted by Crippen LogP contribution is 2.22. The van der Waals surface area contributed by atoms with Crippen LogP contribution in [0.1, 0.15) is 29.3 Å². The number of aliphatic hydroxyl groups excluding tert-OH is 2. The highest BCUT2D eigenvalue weighted by molar-refractivity contribution is 5.97. The van der Waals surface area contributed by atoms with Gasteiger partial charge in [0.2, 0.25) is 0 Å². The first-order valence-corrected chi connectivity index (χ1v) is 6.19. The lowest BCUT2D eigenvalue weighted by molar-refractivity contribution is -0.385. The molecule has 0 saturated carbocycles. The summed E-state index contributed by atoms with van der Waals surface area (Å²) in [4.78, 5) is 22.5. The first-order valence-electron chi connectivity index (χ1n) is 6.19. The SMILES string of the molecule is CCC(CO)(CO)NC(=O)c1cccc([N+](=O)[O-])c1C. The summed E-state index contributed by atoms with van der Waals surface area (Å²) in [6.07, 6.45) is 0.333. The largest absolute Gasteiger partial charge is 0.394 e. The van der Waals surface area contributed by atoms with Gasteiger partial charge in [-0.2, -0.15) is 0 Å². The summed E-state index contributed by atoms with van der Waals surface area (Å²) in [5.74, 6) is -0.559. The van der Waals surface area contributed by atoms with E-state index in [-0.39, 0.29) is 16.8 Å². The number of nitrogens with zero attached hydrogens (tertiary/aromatic N) is 1. The number of hydrogen-bond donors (Lipinski definition) is 3. The summed E-state index contributed by atoms with van der Waals surface area (Å²) in [5, 5.41) is 32.0. The van der Waals surface area contributed by atoms with Crippen molar-refractivity contribution in [2.24, 2.45) is 0 Å². The molecule has 7 heteroatoms.